The molecule has 0 saturated carbocycles. The van der Waals surface area contributed by atoms with Crippen LogP contribution in [0, 0.1) is 0 Å². The molecule has 2 aliphatic rings. The van der Waals surface area contributed by atoms with Gasteiger partial charge in [0, 0.05) is 29.7 Å². The Balaban J connectivity index is 1.41. The lowest BCUT2D eigenvalue weighted by molar-refractivity contribution is 0.0995. The fraction of sp³-hybridized carbons (Fsp3) is 0.368. The Hall–Kier alpha value is -3.36. The monoisotopic (exact) mass is 378 g/mol. The van der Waals surface area contributed by atoms with Crippen molar-refractivity contribution in [3.05, 3.63) is 36.3 Å². The van der Waals surface area contributed by atoms with Gasteiger partial charge in [0.05, 0.1) is 17.6 Å². The number of primary amides is 1. The Kier molecular flexibility index (Phi) is 3.81. The average molecular weight is 378 g/mol. The summed E-state index contributed by atoms with van der Waals surface area (Å²) in [6.45, 7) is 0. The number of nitrogens with one attached hydrogen (secondary N) is 2. The number of fused-ring (bicyclic) bond motifs is 3. The second-order valence-corrected chi connectivity index (χ2v) is 7.58. The molecule has 0 aromatic carbocycles. The fourth-order valence-electron chi connectivity index (χ4n) is 4.66. The number of amides is 1. The van der Waals surface area contributed by atoms with Crippen molar-refractivity contribution in [2.75, 3.05) is 16.0 Å². The number of anilines is 3. The van der Waals surface area contributed by atoms with Crippen LogP contribution in [-0.2, 0) is 0 Å². The zero-order valence-electron chi connectivity index (χ0n) is 15.3. The standard InChI is InChI=1S/C19H22N8O/c20-10-1-4-15(23-9-10)27-12-2-3-13(27)8-11(7-12)24-16-14-5-6-22-19(14)26-25-17(16)18(21)28/h1,4-6,9,11-13H,2-3,7-8,20H2,(H2,21,28)(H2,22,24,26)/t11?,12-,13+. The van der Waals surface area contributed by atoms with Crippen LogP contribution in [0.3, 0.4) is 0 Å². The summed E-state index contributed by atoms with van der Waals surface area (Å²) in [6.07, 6.45) is 7.67. The molecule has 2 aliphatic heterocycles. The molecule has 3 atom stereocenters. The number of pyridine rings is 1. The van der Waals surface area contributed by atoms with Gasteiger partial charge in [-0.25, -0.2) is 4.98 Å². The fourth-order valence-corrected chi connectivity index (χ4v) is 4.66. The third-order valence-corrected chi connectivity index (χ3v) is 5.83. The Morgan fingerprint density at radius 1 is 1.18 bits per heavy atom. The molecular formula is C19H22N8O. The van der Waals surface area contributed by atoms with Crippen LogP contribution in [0.1, 0.15) is 36.2 Å². The van der Waals surface area contributed by atoms with E-state index < -0.39 is 5.91 Å². The zero-order valence-corrected chi connectivity index (χ0v) is 15.3. The van der Waals surface area contributed by atoms with Gasteiger partial charge in [-0.3, -0.25) is 4.79 Å². The second-order valence-electron chi connectivity index (χ2n) is 7.58. The molecule has 2 bridgehead atoms. The predicted octanol–water partition coefficient (Wildman–Crippen LogP) is 1.65. The van der Waals surface area contributed by atoms with Crippen LogP contribution in [0.25, 0.3) is 11.0 Å². The highest BCUT2D eigenvalue weighted by Gasteiger charge is 2.41. The number of H-pyrrole nitrogens is 1. The van der Waals surface area contributed by atoms with Crippen molar-refractivity contribution >= 4 is 34.1 Å². The number of aromatic amines is 1. The van der Waals surface area contributed by atoms with Crippen LogP contribution >= 0.6 is 0 Å². The van der Waals surface area contributed by atoms with Gasteiger partial charge in [-0.15, -0.1) is 10.2 Å². The van der Waals surface area contributed by atoms with Crippen LogP contribution in [0.2, 0.25) is 0 Å². The maximum Gasteiger partial charge on any atom is 0.271 e. The topological polar surface area (TPSA) is 139 Å². The molecule has 9 heteroatoms. The maximum atomic E-state index is 11.9. The minimum atomic E-state index is -0.579. The molecule has 9 nitrogen and oxygen atoms in total. The Labute approximate surface area is 161 Å². The van der Waals surface area contributed by atoms with E-state index in [-0.39, 0.29) is 11.7 Å². The lowest BCUT2D eigenvalue weighted by atomic mass is 9.96. The molecule has 0 radical (unpaired) electrons. The van der Waals surface area contributed by atoms with Crippen LogP contribution in [0.4, 0.5) is 17.2 Å². The molecule has 2 saturated heterocycles. The molecule has 0 spiro atoms. The summed E-state index contributed by atoms with van der Waals surface area (Å²) >= 11 is 0. The van der Waals surface area contributed by atoms with Gasteiger partial charge in [0.15, 0.2) is 11.3 Å². The molecule has 1 unspecified atom stereocenters. The summed E-state index contributed by atoms with van der Waals surface area (Å²) in [4.78, 5) is 21.9. The van der Waals surface area contributed by atoms with Gasteiger partial charge in [-0.05, 0) is 43.9 Å². The van der Waals surface area contributed by atoms with Crippen molar-refractivity contribution in [2.24, 2.45) is 5.73 Å². The number of nitrogens with two attached hydrogens (primary N) is 2. The van der Waals surface area contributed by atoms with E-state index in [9.17, 15) is 4.79 Å². The summed E-state index contributed by atoms with van der Waals surface area (Å²) in [5, 5.41) is 12.4. The van der Waals surface area contributed by atoms with Crippen LogP contribution in [-0.4, -0.2) is 44.2 Å². The van der Waals surface area contributed by atoms with E-state index in [1.165, 1.54) is 0 Å². The lowest BCUT2D eigenvalue weighted by Gasteiger charge is -2.40. The molecule has 144 valence electrons. The first-order valence-corrected chi connectivity index (χ1v) is 9.50. The molecule has 28 heavy (non-hydrogen) atoms. The number of rotatable bonds is 4. The van der Waals surface area contributed by atoms with E-state index in [1.807, 2.05) is 18.2 Å². The third kappa shape index (κ3) is 2.70. The van der Waals surface area contributed by atoms with Gasteiger partial charge in [0.1, 0.15) is 5.82 Å². The quantitative estimate of drug-likeness (QED) is 0.541. The maximum absolute atomic E-state index is 11.9. The van der Waals surface area contributed by atoms with E-state index in [0.717, 1.165) is 36.9 Å². The minimum absolute atomic E-state index is 0.182. The van der Waals surface area contributed by atoms with E-state index >= 15 is 0 Å². The number of carbonyl (C=O) groups excluding carboxylic acids is 1. The van der Waals surface area contributed by atoms with Crippen molar-refractivity contribution in [3.8, 4) is 0 Å². The van der Waals surface area contributed by atoms with Crippen molar-refractivity contribution in [1.29, 1.82) is 0 Å². The van der Waals surface area contributed by atoms with Crippen molar-refractivity contribution in [2.45, 2.75) is 43.8 Å². The highest BCUT2D eigenvalue weighted by Crippen LogP contribution is 2.40. The van der Waals surface area contributed by atoms with Gasteiger partial charge in [0.2, 0.25) is 0 Å². The number of aromatic nitrogens is 4. The second kappa shape index (κ2) is 6.36. The van der Waals surface area contributed by atoms with Crippen LogP contribution in [0.5, 0.6) is 0 Å². The Morgan fingerprint density at radius 3 is 2.64 bits per heavy atom. The number of nitrogens with zero attached hydrogens (tertiary/aromatic N) is 4. The molecule has 6 N–H and O–H groups in total. The smallest absolute Gasteiger partial charge is 0.271 e. The summed E-state index contributed by atoms with van der Waals surface area (Å²) in [5.41, 5.74) is 13.5. The number of nitrogen functional groups attached to an aromatic ring is 1. The van der Waals surface area contributed by atoms with Gasteiger partial charge in [0.25, 0.3) is 5.91 Å². The number of carbonyl (C=O) groups is 1. The Morgan fingerprint density at radius 2 is 1.96 bits per heavy atom. The molecule has 2 fully saturated rings. The number of hydrogen-bond donors (Lipinski definition) is 4. The predicted molar refractivity (Wildman–Crippen MR) is 107 cm³/mol. The van der Waals surface area contributed by atoms with E-state index in [0.29, 0.717) is 29.1 Å². The summed E-state index contributed by atoms with van der Waals surface area (Å²) in [5.74, 6) is 0.404. The summed E-state index contributed by atoms with van der Waals surface area (Å²) in [6, 6.07) is 6.82. The van der Waals surface area contributed by atoms with Crippen molar-refractivity contribution in [1.82, 2.24) is 20.2 Å². The normalized spacial score (nSPS) is 23.9. The van der Waals surface area contributed by atoms with Crippen LogP contribution < -0.4 is 21.7 Å². The molecule has 5 rings (SSSR count). The SMILES string of the molecule is NC(=O)c1nnc2[nH]ccc2c1NC1C[C@H]2CC[C@@H](C1)N2c1ccc(N)cn1. The van der Waals surface area contributed by atoms with Crippen molar-refractivity contribution in [3.63, 3.8) is 0 Å². The molecule has 3 aromatic rings. The lowest BCUT2D eigenvalue weighted by Crippen LogP contribution is -2.47. The van der Waals surface area contributed by atoms with E-state index in [2.05, 4.69) is 30.4 Å². The molecular weight excluding hydrogens is 356 g/mol. The largest absolute Gasteiger partial charge is 0.397 e. The first-order valence-electron chi connectivity index (χ1n) is 9.50. The van der Waals surface area contributed by atoms with Gasteiger partial charge >= 0.3 is 0 Å². The van der Waals surface area contributed by atoms with Gasteiger partial charge in [-0.2, -0.15) is 0 Å². The van der Waals surface area contributed by atoms with Gasteiger partial charge in [-0.1, -0.05) is 0 Å². The first kappa shape index (κ1) is 16.8. The van der Waals surface area contributed by atoms with E-state index in [1.54, 1.807) is 12.4 Å². The highest BCUT2D eigenvalue weighted by atomic mass is 16.1. The zero-order chi connectivity index (χ0) is 19.3. The summed E-state index contributed by atoms with van der Waals surface area (Å²) in [7, 11) is 0. The molecule has 5 heterocycles. The van der Waals surface area contributed by atoms with Gasteiger partial charge < -0.3 is 26.7 Å². The Bertz CT molecular complexity index is 1020. The summed E-state index contributed by atoms with van der Waals surface area (Å²) < 4.78 is 0. The molecule has 1 amide bonds. The number of piperidine rings is 1. The highest BCUT2D eigenvalue weighted by molar-refractivity contribution is 6.04. The van der Waals surface area contributed by atoms with E-state index in [4.69, 9.17) is 11.5 Å². The minimum Gasteiger partial charge on any atom is -0.397 e. The van der Waals surface area contributed by atoms with Crippen molar-refractivity contribution < 1.29 is 4.79 Å². The average Bonchev–Trinajstić information content (AvgIpc) is 3.25. The first-order chi connectivity index (χ1) is 13.6. The molecule has 0 aliphatic carbocycles. The number of hydrogen-bond acceptors (Lipinski definition) is 7. The van der Waals surface area contributed by atoms with Crippen LogP contribution in [0.15, 0.2) is 30.6 Å². The third-order valence-electron chi connectivity index (χ3n) is 5.83. The molecule has 3 aromatic heterocycles.